The molecule has 0 aliphatic carbocycles. The Balaban J connectivity index is 2.25. The van der Waals surface area contributed by atoms with E-state index in [2.05, 4.69) is 21.8 Å². The zero-order chi connectivity index (χ0) is 12.8. The predicted molar refractivity (Wildman–Crippen MR) is 75.7 cm³/mol. The number of fused-ring (bicyclic) bond motifs is 1. The number of para-hydroxylation sites is 2. The standard InChI is InChI=1S/C14H20N4/c1-2-3-9-18(10-8-15)14-11-16-12-6-4-5-7-13(12)17-14/h4-7,11H,2-3,8-10,15H2,1H3. The molecular formula is C14H20N4. The molecule has 0 spiro atoms. The quantitative estimate of drug-likeness (QED) is 0.846. The van der Waals surface area contributed by atoms with Crippen LogP contribution < -0.4 is 10.6 Å². The number of anilines is 1. The zero-order valence-electron chi connectivity index (χ0n) is 10.8. The monoisotopic (exact) mass is 244 g/mol. The molecule has 2 N–H and O–H groups in total. The third kappa shape index (κ3) is 2.96. The van der Waals surface area contributed by atoms with Crippen molar-refractivity contribution in [1.29, 1.82) is 0 Å². The fourth-order valence-corrected chi connectivity index (χ4v) is 1.95. The minimum absolute atomic E-state index is 0.637. The Hall–Kier alpha value is -1.68. The fraction of sp³-hybridized carbons (Fsp3) is 0.429. The summed E-state index contributed by atoms with van der Waals surface area (Å²) in [5, 5.41) is 0. The molecule has 2 rings (SSSR count). The number of unbranched alkanes of at least 4 members (excludes halogenated alkanes) is 1. The highest BCUT2D eigenvalue weighted by atomic mass is 15.2. The van der Waals surface area contributed by atoms with E-state index in [-0.39, 0.29) is 0 Å². The number of nitrogens with two attached hydrogens (primary N) is 1. The van der Waals surface area contributed by atoms with E-state index < -0.39 is 0 Å². The van der Waals surface area contributed by atoms with E-state index in [4.69, 9.17) is 5.73 Å². The highest BCUT2D eigenvalue weighted by molar-refractivity contribution is 5.75. The van der Waals surface area contributed by atoms with Gasteiger partial charge in [-0.15, -0.1) is 0 Å². The fourth-order valence-electron chi connectivity index (χ4n) is 1.95. The van der Waals surface area contributed by atoms with Gasteiger partial charge in [-0.05, 0) is 18.6 Å². The van der Waals surface area contributed by atoms with E-state index in [0.717, 1.165) is 36.4 Å². The van der Waals surface area contributed by atoms with Crippen molar-refractivity contribution in [3.63, 3.8) is 0 Å². The second kappa shape index (κ2) is 6.31. The average Bonchev–Trinajstić information content (AvgIpc) is 2.43. The van der Waals surface area contributed by atoms with Crippen molar-refractivity contribution in [2.24, 2.45) is 5.73 Å². The molecule has 4 nitrogen and oxygen atoms in total. The third-order valence-corrected chi connectivity index (χ3v) is 2.94. The van der Waals surface area contributed by atoms with Crippen LogP contribution in [0.3, 0.4) is 0 Å². The molecule has 0 fully saturated rings. The molecule has 1 aromatic carbocycles. The number of benzene rings is 1. The lowest BCUT2D eigenvalue weighted by molar-refractivity contribution is 0.707. The van der Waals surface area contributed by atoms with Gasteiger partial charge in [0.05, 0.1) is 17.2 Å². The molecule has 1 heterocycles. The average molecular weight is 244 g/mol. The molecule has 0 amide bonds. The van der Waals surface area contributed by atoms with E-state index in [9.17, 15) is 0 Å². The number of hydrogen-bond acceptors (Lipinski definition) is 4. The SMILES string of the molecule is CCCCN(CCN)c1cnc2ccccc2n1. The molecule has 18 heavy (non-hydrogen) atoms. The molecule has 4 heteroatoms. The summed E-state index contributed by atoms with van der Waals surface area (Å²) in [4.78, 5) is 11.3. The Morgan fingerprint density at radius 1 is 1.17 bits per heavy atom. The molecule has 0 atom stereocenters. The lowest BCUT2D eigenvalue weighted by atomic mass is 10.3. The van der Waals surface area contributed by atoms with Crippen molar-refractivity contribution in [3.8, 4) is 0 Å². The highest BCUT2D eigenvalue weighted by Crippen LogP contribution is 2.15. The number of hydrogen-bond donors (Lipinski definition) is 1. The van der Waals surface area contributed by atoms with E-state index in [1.807, 2.05) is 30.5 Å². The van der Waals surface area contributed by atoms with Gasteiger partial charge in [-0.2, -0.15) is 0 Å². The zero-order valence-corrected chi connectivity index (χ0v) is 10.8. The molecule has 2 aromatic rings. The Morgan fingerprint density at radius 3 is 2.67 bits per heavy atom. The first-order chi connectivity index (χ1) is 8.85. The van der Waals surface area contributed by atoms with Crippen molar-refractivity contribution in [1.82, 2.24) is 9.97 Å². The van der Waals surface area contributed by atoms with E-state index >= 15 is 0 Å². The first-order valence-electron chi connectivity index (χ1n) is 6.52. The van der Waals surface area contributed by atoms with Gasteiger partial charge in [0.25, 0.3) is 0 Å². The van der Waals surface area contributed by atoms with E-state index in [1.165, 1.54) is 6.42 Å². The normalized spacial score (nSPS) is 10.8. The summed E-state index contributed by atoms with van der Waals surface area (Å²) in [6.07, 6.45) is 4.16. The molecule has 0 unspecified atom stereocenters. The molecule has 0 bridgehead atoms. The second-order valence-electron chi connectivity index (χ2n) is 4.35. The van der Waals surface area contributed by atoms with Gasteiger partial charge in [-0.3, -0.25) is 4.98 Å². The molecule has 1 aromatic heterocycles. The maximum absolute atomic E-state index is 5.66. The number of aromatic nitrogens is 2. The third-order valence-electron chi connectivity index (χ3n) is 2.94. The van der Waals surface area contributed by atoms with E-state index in [1.54, 1.807) is 0 Å². The molecule has 0 saturated heterocycles. The van der Waals surface area contributed by atoms with Crippen molar-refractivity contribution in [2.75, 3.05) is 24.5 Å². The minimum Gasteiger partial charge on any atom is -0.354 e. The van der Waals surface area contributed by atoms with Gasteiger partial charge < -0.3 is 10.6 Å². The van der Waals surface area contributed by atoms with Crippen molar-refractivity contribution >= 4 is 16.9 Å². The van der Waals surface area contributed by atoms with E-state index in [0.29, 0.717) is 6.54 Å². The van der Waals surface area contributed by atoms with Crippen LogP contribution in [-0.2, 0) is 0 Å². The maximum Gasteiger partial charge on any atom is 0.147 e. The van der Waals surface area contributed by atoms with Crippen LogP contribution in [-0.4, -0.2) is 29.6 Å². The lowest BCUT2D eigenvalue weighted by Gasteiger charge is -2.22. The van der Waals surface area contributed by atoms with Crippen molar-refractivity contribution in [3.05, 3.63) is 30.5 Å². The number of rotatable bonds is 6. The Morgan fingerprint density at radius 2 is 1.94 bits per heavy atom. The first-order valence-corrected chi connectivity index (χ1v) is 6.52. The summed E-state index contributed by atoms with van der Waals surface area (Å²) in [7, 11) is 0. The topological polar surface area (TPSA) is 55.0 Å². The van der Waals surface area contributed by atoms with Crippen LogP contribution in [0.5, 0.6) is 0 Å². The van der Waals surface area contributed by atoms with Gasteiger partial charge in [0.2, 0.25) is 0 Å². The van der Waals surface area contributed by atoms with Crippen LogP contribution in [0.15, 0.2) is 30.5 Å². The molecule has 96 valence electrons. The van der Waals surface area contributed by atoms with Crippen molar-refractivity contribution in [2.45, 2.75) is 19.8 Å². The van der Waals surface area contributed by atoms with Crippen LogP contribution in [0, 0.1) is 0 Å². The molecule has 0 saturated carbocycles. The van der Waals surface area contributed by atoms with Crippen LogP contribution in [0.25, 0.3) is 11.0 Å². The predicted octanol–water partition coefficient (Wildman–Crippen LogP) is 2.20. The first kappa shape index (κ1) is 12.8. The lowest BCUT2D eigenvalue weighted by Crippen LogP contribution is -2.31. The minimum atomic E-state index is 0.637. The van der Waals surface area contributed by atoms with Gasteiger partial charge in [0.15, 0.2) is 0 Å². The Kier molecular flexibility index (Phi) is 4.47. The smallest absolute Gasteiger partial charge is 0.147 e. The summed E-state index contributed by atoms with van der Waals surface area (Å²) < 4.78 is 0. The van der Waals surface area contributed by atoms with Gasteiger partial charge in [0, 0.05) is 19.6 Å². The number of nitrogens with zero attached hydrogens (tertiary/aromatic N) is 3. The van der Waals surface area contributed by atoms with Gasteiger partial charge >= 0.3 is 0 Å². The maximum atomic E-state index is 5.66. The molecule has 0 aliphatic heterocycles. The van der Waals surface area contributed by atoms with Gasteiger partial charge in [-0.1, -0.05) is 25.5 Å². The summed E-state index contributed by atoms with van der Waals surface area (Å²) in [6.45, 7) is 4.64. The summed E-state index contributed by atoms with van der Waals surface area (Å²) in [5.74, 6) is 0.924. The molecular weight excluding hydrogens is 224 g/mol. The molecule has 0 aliphatic rings. The van der Waals surface area contributed by atoms with Crippen LogP contribution >= 0.6 is 0 Å². The van der Waals surface area contributed by atoms with Gasteiger partial charge in [0.1, 0.15) is 5.82 Å². The summed E-state index contributed by atoms with van der Waals surface area (Å²) in [5.41, 5.74) is 7.53. The highest BCUT2D eigenvalue weighted by Gasteiger charge is 2.07. The van der Waals surface area contributed by atoms with Gasteiger partial charge in [-0.25, -0.2) is 4.98 Å². The Bertz CT molecular complexity index is 498. The van der Waals surface area contributed by atoms with Crippen LogP contribution in [0.4, 0.5) is 5.82 Å². The second-order valence-corrected chi connectivity index (χ2v) is 4.35. The largest absolute Gasteiger partial charge is 0.354 e. The molecule has 0 radical (unpaired) electrons. The summed E-state index contributed by atoms with van der Waals surface area (Å²) >= 11 is 0. The Labute approximate surface area is 108 Å². The van der Waals surface area contributed by atoms with Crippen molar-refractivity contribution < 1.29 is 0 Å². The summed E-state index contributed by atoms with van der Waals surface area (Å²) in [6, 6.07) is 7.93. The van der Waals surface area contributed by atoms with Crippen LogP contribution in [0.2, 0.25) is 0 Å². The van der Waals surface area contributed by atoms with Crippen LogP contribution in [0.1, 0.15) is 19.8 Å².